The number of likely N-dealkylation sites (tertiary alicyclic amines) is 1. The molecule has 0 aromatic rings. The third-order valence-corrected chi connectivity index (χ3v) is 3.41. The van der Waals surface area contributed by atoms with Gasteiger partial charge in [0, 0.05) is 19.0 Å². The molecule has 6 heteroatoms. The molecule has 0 spiro atoms. The van der Waals surface area contributed by atoms with Gasteiger partial charge in [0.2, 0.25) is 11.8 Å². The second-order valence-corrected chi connectivity index (χ2v) is 4.76. The molecule has 0 bridgehead atoms. The van der Waals surface area contributed by atoms with E-state index in [0.29, 0.717) is 6.54 Å². The fourth-order valence-electron chi connectivity index (χ4n) is 2.51. The van der Waals surface area contributed by atoms with E-state index in [1.165, 1.54) is 4.90 Å². The Morgan fingerprint density at radius 1 is 1.44 bits per heavy atom. The van der Waals surface area contributed by atoms with E-state index in [-0.39, 0.29) is 30.7 Å². The van der Waals surface area contributed by atoms with E-state index >= 15 is 0 Å². The van der Waals surface area contributed by atoms with Gasteiger partial charge in [-0.15, -0.1) is 0 Å². The largest absolute Gasteiger partial charge is 0.481 e. The van der Waals surface area contributed by atoms with Gasteiger partial charge in [-0.05, 0) is 19.8 Å². The number of carbonyl (C=O) groups excluding carboxylic acids is 2. The maximum absolute atomic E-state index is 11.9. The predicted molar refractivity (Wildman–Crippen MR) is 64.8 cm³/mol. The summed E-state index contributed by atoms with van der Waals surface area (Å²) in [6, 6.07) is -0.457. The molecule has 1 heterocycles. The molecule has 18 heavy (non-hydrogen) atoms. The number of carboxylic acid groups (broad SMARTS) is 1. The monoisotopic (exact) mass is 256 g/mol. The number of piperidine rings is 1. The third-order valence-electron chi connectivity index (χ3n) is 3.41. The molecular formula is C12H20N2O4. The average Bonchev–Trinajstić information content (AvgIpc) is 2.23. The number of amides is 2. The summed E-state index contributed by atoms with van der Waals surface area (Å²) >= 11 is 0. The van der Waals surface area contributed by atoms with Crippen LogP contribution in [0.25, 0.3) is 0 Å². The van der Waals surface area contributed by atoms with Crippen molar-refractivity contribution in [2.75, 3.05) is 13.1 Å². The van der Waals surface area contributed by atoms with Crippen LogP contribution in [0.15, 0.2) is 0 Å². The average molecular weight is 256 g/mol. The van der Waals surface area contributed by atoms with Gasteiger partial charge in [-0.1, -0.05) is 6.92 Å². The van der Waals surface area contributed by atoms with E-state index in [4.69, 9.17) is 0 Å². The highest BCUT2D eigenvalue weighted by atomic mass is 16.4. The molecule has 6 nitrogen and oxygen atoms in total. The first-order valence-corrected chi connectivity index (χ1v) is 6.17. The van der Waals surface area contributed by atoms with E-state index < -0.39 is 17.9 Å². The summed E-state index contributed by atoms with van der Waals surface area (Å²) in [6.45, 7) is 5.67. The highest BCUT2D eigenvalue weighted by Gasteiger charge is 2.42. The summed E-state index contributed by atoms with van der Waals surface area (Å²) in [7, 11) is 0. The Morgan fingerprint density at radius 2 is 2.06 bits per heavy atom. The molecule has 102 valence electrons. The smallest absolute Gasteiger partial charge is 0.308 e. The van der Waals surface area contributed by atoms with Crippen LogP contribution in [0.1, 0.15) is 27.2 Å². The molecular weight excluding hydrogens is 236 g/mol. The number of hydrogen-bond donors (Lipinski definition) is 2. The van der Waals surface area contributed by atoms with E-state index in [9.17, 15) is 19.5 Å². The van der Waals surface area contributed by atoms with Crippen molar-refractivity contribution in [1.82, 2.24) is 10.2 Å². The van der Waals surface area contributed by atoms with Gasteiger partial charge < -0.3 is 15.3 Å². The normalized spacial score (nSPS) is 28.1. The molecule has 2 amide bonds. The van der Waals surface area contributed by atoms with Crippen LogP contribution in [-0.2, 0) is 14.4 Å². The van der Waals surface area contributed by atoms with Gasteiger partial charge in [0.15, 0.2) is 0 Å². The minimum atomic E-state index is -0.914. The number of carboxylic acids is 1. The van der Waals surface area contributed by atoms with Crippen LogP contribution in [0.4, 0.5) is 0 Å². The molecule has 1 saturated heterocycles. The first kappa shape index (κ1) is 14.5. The van der Waals surface area contributed by atoms with E-state index in [0.717, 1.165) is 0 Å². The quantitative estimate of drug-likeness (QED) is 0.745. The van der Waals surface area contributed by atoms with E-state index in [1.807, 2.05) is 0 Å². The number of nitrogens with one attached hydrogen (secondary N) is 1. The van der Waals surface area contributed by atoms with Crippen molar-refractivity contribution < 1.29 is 19.5 Å². The van der Waals surface area contributed by atoms with Crippen molar-refractivity contribution in [1.29, 1.82) is 0 Å². The lowest BCUT2D eigenvalue weighted by Crippen LogP contribution is -2.55. The molecule has 2 N–H and O–H groups in total. The number of hydrogen-bond acceptors (Lipinski definition) is 3. The van der Waals surface area contributed by atoms with Gasteiger partial charge in [-0.3, -0.25) is 14.4 Å². The third kappa shape index (κ3) is 3.00. The van der Waals surface area contributed by atoms with Gasteiger partial charge in [0.1, 0.15) is 0 Å². The molecule has 1 rings (SSSR count). The first-order valence-electron chi connectivity index (χ1n) is 6.17. The van der Waals surface area contributed by atoms with Crippen molar-refractivity contribution in [2.24, 2.45) is 11.8 Å². The van der Waals surface area contributed by atoms with Crippen LogP contribution in [0.2, 0.25) is 0 Å². The second kappa shape index (κ2) is 5.84. The lowest BCUT2D eigenvalue weighted by Gasteiger charge is -2.40. The Bertz CT molecular complexity index is 356. The molecule has 0 aliphatic carbocycles. The zero-order valence-electron chi connectivity index (χ0n) is 11.0. The highest BCUT2D eigenvalue weighted by molar-refractivity contribution is 5.87. The lowest BCUT2D eigenvalue weighted by molar-refractivity contribution is -0.156. The van der Waals surface area contributed by atoms with Gasteiger partial charge in [0.25, 0.3) is 0 Å². The molecule has 0 aromatic carbocycles. The number of nitrogens with zero attached hydrogens (tertiary/aromatic N) is 1. The Balaban J connectivity index is 2.80. The molecule has 3 atom stereocenters. The van der Waals surface area contributed by atoms with Crippen molar-refractivity contribution in [2.45, 2.75) is 33.2 Å². The molecule has 1 aliphatic rings. The predicted octanol–water partition coefficient (Wildman–Crippen LogP) is 0.0802. The van der Waals surface area contributed by atoms with Crippen molar-refractivity contribution in [3.05, 3.63) is 0 Å². The molecule has 3 unspecified atom stereocenters. The van der Waals surface area contributed by atoms with Crippen LogP contribution in [0.3, 0.4) is 0 Å². The molecule has 0 radical (unpaired) electrons. The first-order chi connectivity index (χ1) is 8.38. The molecule has 0 aromatic heterocycles. The zero-order chi connectivity index (χ0) is 13.9. The topological polar surface area (TPSA) is 86.7 Å². The van der Waals surface area contributed by atoms with E-state index in [2.05, 4.69) is 5.32 Å². The summed E-state index contributed by atoms with van der Waals surface area (Å²) in [6.07, 6.45) is 0.181. The molecule has 1 fully saturated rings. The number of rotatable bonds is 4. The molecule has 0 saturated carbocycles. The Labute approximate surface area is 106 Å². The van der Waals surface area contributed by atoms with Crippen LogP contribution in [-0.4, -0.2) is 46.9 Å². The summed E-state index contributed by atoms with van der Waals surface area (Å²) < 4.78 is 0. The number of likely N-dealkylation sites (N-methyl/N-ethyl adjacent to an activating group) is 1. The maximum atomic E-state index is 11.9. The fourth-order valence-corrected chi connectivity index (χ4v) is 2.51. The SMILES string of the molecule is CCNC(=O)CN1C(=O)CC(C)C(C(=O)O)C1C. The lowest BCUT2D eigenvalue weighted by atomic mass is 9.81. The minimum absolute atomic E-state index is 0.0651. The Hall–Kier alpha value is -1.59. The zero-order valence-corrected chi connectivity index (χ0v) is 11.0. The van der Waals surface area contributed by atoms with Crippen molar-refractivity contribution in [3.63, 3.8) is 0 Å². The Morgan fingerprint density at radius 3 is 2.56 bits per heavy atom. The number of aliphatic carboxylic acids is 1. The molecule has 1 aliphatic heterocycles. The maximum Gasteiger partial charge on any atom is 0.308 e. The van der Waals surface area contributed by atoms with Crippen molar-refractivity contribution in [3.8, 4) is 0 Å². The van der Waals surface area contributed by atoms with Gasteiger partial charge >= 0.3 is 5.97 Å². The van der Waals surface area contributed by atoms with E-state index in [1.54, 1.807) is 20.8 Å². The summed E-state index contributed by atoms with van der Waals surface area (Å²) in [5.41, 5.74) is 0. The second-order valence-electron chi connectivity index (χ2n) is 4.76. The Kier molecular flexibility index (Phi) is 4.69. The van der Waals surface area contributed by atoms with Gasteiger partial charge in [-0.2, -0.15) is 0 Å². The van der Waals surface area contributed by atoms with Crippen LogP contribution in [0, 0.1) is 11.8 Å². The fraction of sp³-hybridized carbons (Fsp3) is 0.750. The van der Waals surface area contributed by atoms with Crippen LogP contribution < -0.4 is 5.32 Å². The summed E-state index contributed by atoms with van der Waals surface area (Å²) in [5.74, 6) is -2.13. The highest BCUT2D eigenvalue weighted by Crippen LogP contribution is 2.29. The minimum Gasteiger partial charge on any atom is -0.481 e. The summed E-state index contributed by atoms with van der Waals surface area (Å²) in [5, 5.41) is 11.8. The van der Waals surface area contributed by atoms with Gasteiger partial charge in [0.05, 0.1) is 12.5 Å². The number of carbonyl (C=O) groups is 3. The van der Waals surface area contributed by atoms with Crippen LogP contribution in [0.5, 0.6) is 0 Å². The van der Waals surface area contributed by atoms with Gasteiger partial charge in [-0.25, -0.2) is 0 Å². The van der Waals surface area contributed by atoms with Crippen LogP contribution >= 0.6 is 0 Å². The van der Waals surface area contributed by atoms with Crippen molar-refractivity contribution >= 4 is 17.8 Å². The summed E-state index contributed by atoms with van der Waals surface area (Å²) in [4.78, 5) is 35.9. The standard InChI is InChI=1S/C12H20N2O4/c1-4-13-9(15)6-14-8(3)11(12(17)18)7(2)5-10(14)16/h7-8,11H,4-6H2,1-3H3,(H,13,15)(H,17,18).